The fourth-order valence-corrected chi connectivity index (χ4v) is 10.00. The van der Waals surface area contributed by atoms with Crippen LogP contribution >= 0.6 is 23.2 Å². The zero-order chi connectivity index (χ0) is 38.4. The molecule has 8 nitrogen and oxygen atoms in total. The highest BCUT2D eigenvalue weighted by molar-refractivity contribution is 6.31. The molecule has 1 saturated heterocycles. The lowest BCUT2D eigenvalue weighted by atomic mass is 9.53. The topological polar surface area (TPSA) is 122 Å². The molecule has 0 aromatic heterocycles. The minimum Gasteiger partial charge on any atom is -0.394 e. The quantitative estimate of drug-likeness (QED) is 0.114. The van der Waals surface area contributed by atoms with E-state index in [4.69, 9.17) is 23.2 Å². The number of aliphatic hydroxyl groups excluding tert-OH is 3. The molecule has 4 aromatic rings. The summed E-state index contributed by atoms with van der Waals surface area (Å²) in [5.74, 6) is -2.79. The molecule has 2 amide bonds. The van der Waals surface area contributed by atoms with Crippen LogP contribution in [0.3, 0.4) is 0 Å². The van der Waals surface area contributed by atoms with Crippen molar-refractivity contribution in [3.63, 3.8) is 0 Å². The van der Waals surface area contributed by atoms with Crippen molar-refractivity contribution in [2.75, 3.05) is 18.5 Å². The predicted molar refractivity (Wildman–Crippen MR) is 208 cm³/mol. The molecular formula is C43H46Cl2FN3O5. The Hall–Kier alpha value is -3.83. The third-order valence-electron chi connectivity index (χ3n) is 12.2. The van der Waals surface area contributed by atoms with Crippen molar-refractivity contribution in [2.45, 2.75) is 87.1 Å². The Morgan fingerprint density at radius 3 is 2.22 bits per heavy atom. The Morgan fingerprint density at radius 2 is 1.57 bits per heavy atom. The molecule has 7 rings (SSSR count). The number of rotatable bonds is 10. The third kappa shape index (κ3) is 6.33. The second kappa shape index (κ2) is 15.0. The van der Waals surface area contributed by atoms with Crippen LogP contribution < -0.4 is 10.6 Å². The van der Waals surface area contributed by atoms with E-state index in [1.54, 1.807) is 24.3 Å². The van der Waals surface area contributed by atoms with Crippen molar-refractivity contribution in [2.24, 2.45) is 5.41 Å². The average Bonchev–Trinajstić information content (AvgIpc) is 3.59. The SMILES string of the molecule is CC1(C)CCC2(CC1)N([C@H](c1ccccc1)[C@@H](O)c1ccccc1)[C@@H](C(=O)NCC[C@H](O)CO)[C@H](c1cccc(Cl)c1F)[C@@]21C(=O)Nc2cc(Cl)ccc21. The van der Waals surface area contributed by atoms with Crippen LogP contribution in [0.4, 0.5) is 10.1 Å². The maximum Gasteiger partial charge on any atom is 0.238 e. The first-order chi connectivity index (χ1) is 25.9. The highest BCUT2D eigenvalue weighted by Crippen LogP contribution is 2.69. The third-order valence-corrected chi connectivity index (χ3v) is 12.7. The van der Waals surface area contributed by atoms with Crippen LogP contribution in [-0.2, 0) is 15.0 Å². The van der Waals surface area contributed by atoms with Gasteiger partial charge in [-0.15, -0.1) is 0 Å². The summed E-state index contributed by atoms with van der Waals surface area (Å²) in [6.45, 7) is 3.89. The first-order valence-electron chi connectivity index (χ1n) is 18.5. The molecule has 6 atom stereocenters. The molecule has 284 valence electrons. The Bertz CT molecular complexity index is 2010. The lowest BCUT2D eigenvalue weighted by molar-refractivity contribution is -0.136. The molecule has 11 heteroatoms. The van der Waals surface area contributed by atoms with Crippen LogP contribution in [0.25, 0.3) is 0 Å². The highest BCUT2D eigenvalue weighted by atomic mass is 35.5. The number of benzene rings is 4. The lowest BCUT2D eigenvalue weighted by Crippen LogP contribution is -2.64. The van der Waals surface area contributed by atoms with E-state index in [2.05, 4.69) is 24.5 Å². The van der Waals surface area contributed by atoms with E-state index in [1.807, 2.05) is 71.6 Å². The van der Waals surface area contributed by atoms with Gasteiger partial charge in [0.1, 0.15) is 11.2 Å². The molecule has 0 unspecified atom stereocenters. The van der Waals surface area contributed by atoms with Crippen molar-refractivity contribution in [1.29, 1.82) is 0 Å². The molecule has 2 spiro atoms. The molecule has 1 aliphatic carbocycles. The molecule has 2 aliphatic heterocycles. The Labute approximate surface area is 325 Å². The van der Waals surface area contributed by atoms with Gasteiger partial charge in [0.2, 0.25) is 11.8 Å². The summed E-state index contributed by atoms with van der Waals surface area (Å²) in [5.41, 5.74) is -0.369. The van der Waals surface area contributed by atoms with Gasteiger partial charge in [-0.1, -0.05) is 116 Å². The number of carbonyl (C=O) groups is 2. The van der Waals surface area contributed by atoms with Crippen molar-refractivity contribution in [3.05, 3.63) is 135 Å². The normalized spacial score (nSPS) is 24.6. The molecule has 2 heterocycles. The van der Waals surface area contributed by atoms with Gasteiger partial charge < -0.3 is 26.0 Å². The molecule has 2 fully saturated rings. The fraction of sp³-hybridized carbons (Fsp3) is 0.395. The number of likely N-dealkylation sites (tertiary alicyclic amines) is 1. The van der Waals surface area contributed by atoms with Gasteiger partial charge in [0.05, 0.1) is 35.9 Å². The first kappa shape index (κ1) is 38.4. The van der Waals surface area contributed by atoms with E-state index >= 15 is 14.0 Å². The zero-order valence-electron chi connectivity index (χ0n) is 30.3. The lowest BCUT2D eigenvalue weighted by Gasteiger charge is -2.56. The van der Waals surface area contributed by atoms with Gasteiger partial charge in [-0.3, -0.25) is 14.5 Å². The van der Waals surface area contributed by atoms with Crippen LogP contribution in [0.1, 0.15) is 86.3 Å². The fourth-order valence-electron chi connectivity index (χ4n) is 9.64. The molecule has 0 bridgehead atoms. The van der Waals surface area contributed by atoms with E-state index in [1.165, 1.54) is 6.07 Å². The molecule has 3 aliphatic rings. The van der Waals surface area contributed by atoms with E-state index in [9.17, 15) is 15.3 Å². The van der Waals surface area contributed by atoms with Gasteiger partial charge in [-0.2, -0.15) is 0 Å². The largest absolute Gasteiger partial charge is 0.394 e. The van der Waals surface area contributed by atoms with Crippen LogP contribution in [0, 0.1) is 11.2 Å². The summed E-state index contributed by atoms with van der Waals surface area (Å²) in [6.07, 6.45) is 0.0162. The Morgan fingerprint density at radius 1 is 0.926 bits per heavy atom. The van der Waals surface area contributed by atoms with Gasteiger partial charge in [0.25, 0.3) is 0 Å². The van der Waals surface area contributed by atoms with Crippen LogP contribution in [0.2, 0.25) is 10.0 Å². The molecule has 4 aromatic carbocycles. The smallest absolute Gasteiger partial charge is 0.238 e. The van der Waals surface area contributed by atoms with E-state index in [0.717, 1.165) is 0 Å². The molecule has 54 heavy (non-hydrogen) atoms. The van der Waals surface area contributed by atoms with Gasteiger partial charge in [-0.05, 0) is 78.0 Å². The van der Waals surface area contributed by atoms with E-state index in [0.29, 0.717) is 53.1 Å². The number of aliphatic hydroxyl groups is 3. The number of hydrogen-bond acceptors (Lipinski definition) is 6. The number of carbonyl (C=O) groups excluding carboxylic acids is 2. The zero-order valence-corrected chi connectivity index (χ0v) is 31.8. The number of nitrogens with one attached hydrogen (secondary N) is 2. The number of amides is 2. The maximum atomic E-state index is 16.9. The average molecular weight is 775 g/mol. The summed E-state index contributed by atoms with van der Waals surface area (Å²) in [6, 6.07) is 26.4. The number of hydrogen-bond donors (Lipinski definition) is 5. The Kier molecular flexibility index (Phi) is 10.7. The second-order valence-electron chi connectivity index (χ2n) is 15.7. The van der Waals surface area contributed by atoms with Crippen LogP contribution in [-0.4, -0.2) is 62.9 Å². The number of anilines is 1. The number of fused-ring (bicyclic) bond motifs is 3. The second-order valence-corrected chi connectivity index (χ2v) is 16.6. The monoisotopic (exact) mass is 773 g/mol. The van der Waals surface area contributed by atoms with Crippen molar-refractivity contribution in [3.8, 4) is 0 Å². The molecule has 5 N–H and O–H groups in total. The summed E-state index contributed by atoms with van der Waals surface area (Å²) >= 11 is 13.1. The minimum absolute atomic E-state index is 0.00167. The van der Waals surface area contributed by atoms with Crippen LogP contribution in [0.5, 0.6) is 0 Å². The Balaban J connectivity index is 1.59. The summed E-state index contributed by atoms with van der Waals surface area (Å²) in [5, 5.41) is 38.9. The van der Waals surface area contributed by atoms with Crippen LogP contribution in [0.15, 0.2) is 97.1 Å². The van der Waals surface area contributed by atoms with Gasteiger partial charge in [-0.25, -0.2) is 4.39 Å². The maximum absolute atomic E-state index is 16.9. The molecule has 1 saturated carbocycles. The predicted octanol–water partition coefficient (Wildman–Crippen LogP) is 7.46. The first-order valence-corrected chi connectivity index (χ1v) is 19.3. The van der Waals surface area contributed by atoms with E-state index in [-0.39, 0.29) is 34.9 Å². The minimum atomic E-state index is -1.58. The van der Waals surface area contributed by atoms with Gasteiger partial charge in [0, 0.05) is 28.7 Å². The standard InChI is InChI=1S/C43H46Cl2FN3O5/c1-41(2)19-21-42(22-20-41)43(31-17-16-28(44)24-33(31)48-40(43)54)34(30-14-9-15-32(45)35(30)46)37(39(53)47-23-18-29(51)25-50)49(42)36(26-10-5-3-6-11-26)38(52)27-12-7-4-8-13-27/h3-17,24,29,34,36-38,50-52H,18-23,25H2,1-2H3,(H,47,53)(H,48,54)/t29-,34-,36+,37+,38-,43-/m0/s1. The number of halogens is 3. The highest BCUT2D eigenvalue weighted by Gasteiger charge is 2.77. The van der Waals surface area contributed by atoms with Crippen molar-refractivity contribution >= 4 is 40.7 Å². The number of nitrogens with zero attached hydrogens (tertiary/aromatic N) is 1. The van der Waals surface area contributed by atoms with E-state index < -0.39 is 59.5 Å². The van der Waals surface area contributed by atoms with Crippen molar-refractivity contribution < 1.29 is 29.3 Å². The molecule has 0 radical (unpaired) electrons. The summed E-state index contributed by atoms with van der Waals surface area (Å²) in [4.78, 5) is 32.8. The van der Waals surface area contributed by atoms with Crippen molar-refractivity contribution in [1.82, 2.24) is 10.2 Å². The van der Waals surface area contributed by atoms with Gasteiger partial charge in [0.15, 0.2) is 0 Å². The summed E-state index contributed by atoms with van der Waals surface area (Å²) in [7, 11) is 0. The van der Waals surface area contributed by atoms with Gasteiger partial charge >= 0.3 is 0 Å². The summed E-state index contributed by atoms with van der Waals surface area (Å²) < 4.78 is 16.9. The molecular weight excluding hydrogens is 728 g/mol.